The third kappa shape index (κ3) is 4.41. The van der Waals surface area contributed by atoms with Crippen molar-refractivity contribution in [1.29, 1.82) is 0 Å². The van der Waals surface area contributed by atoms with Gasteiger partial charge in [-0.25, -0.2) is 9.69 Å². The molecule has 154 valence electrons. The zero-order valence-corrected chi connectivity index (χ0v) is 18.0. The van der Waals surface area contributed by atoms with Crippen LogP contribution in [0.5, 0.6) is 11.5 Å². The molecule has 3 aromatic carbocycles. The van der Waals surface area contributed by atoms with Crippen molar-refractivity contribution < 1.29 is 19.1 Å². The van der Waals surface area contributed by atoms with Crippen LogP contribution in [0.4, 0.5) is 10.5 Å². The van der Waals surface area contributed by atoms with Crippen molar-refractivity contribution in [1.82, 2.24) is 5.32 Å². The quantitative estimate of drug-likeness (QED) is 0.413. The number of carbonyl (C=O) groups excluding carboxylic acids is 3. The van der Waals surface area contributed by atoms with E-state index in [1.165, 1.54) is 6.08 Å². The molecular weight excluding hydrogens is 460 g/mol. The van der Waals surface area contributed by atoms with Crippen LogP contribution < -0.4 is 15.0 Å². The summed E-state index contributed by atoms with van der Waals surface area (Å²) in [4.78, 5) is 38.8. The van der Waals surface area contributed by atoms with Gasteiger partial charge in [-0.2, -0.15) is 0 Å². The Morgan fingerprint density at radius 2 is 1.65 bits per heavy atom. The molecule has 0 radical (unpaired) electrons. The van der Waals surface area contributed by atoms with E-state index < -0.39 is 17.8 Å². The van der Waals surface area contributed by atoms with Crippen LogP contribution >= 0.6 is 15.9 Å². The van der Waals surface area contributed by atoms with Crippen molar-refractivity contribution in [2.45, 2.75) is 6.92 Å². The van der Waals surface area contributed by atoms with Gasteiger partial charge in [0.25, 0.3) is 11.8 Å². The van der Waals surface area contributed by atoms with Gasteiger partial charge in [0.05, 0.1) is 5.69 Å². The minimum absolute atomic E-state index is 0.142. The Morgan fingerprint density at radius 3 is 2.39 bits per heavy atom. The smallest absolute Gasteiger partial charge is 0.335 e. The Labute approximate surface area is 187 Å². The van der Waals surface area contributed by atoms with E-state index in [4.69, 9.17) is 4.74 Å². The Balaban J connectivity index is 1.65. The normalized spacial score (nSPS) is 15.2. The summed E-state index contributed by atoms with van der Waals surface area (Å²) in [6, 6.07) is 20.6. The molecule has 1 aliphatic rings. The number of rotatable bonds is 4. The molecule has 0 unspecified atom stereocenters. The summed E-state index contributed by atoms with van der Waals surface area (Å²) >= 11 is 3.40. The number of barbiturate groups is 1. The minimum Gasteiger partial charge on any atom is -0.457 e. The molecule has 4 amide bonds. The van der Waals surface area contributed by atoms with Crippen molar-refractivity contribution in [3.8, 4) is 11.5 Å². The fraction of sp³-hybridized carbons (Fsp3) is 0.0417. The highest BCUT2D eigenvalue weighted by Crippen LogP contribution is 2.27. The fourth-order valence-electron chi connectivity index (χ4n) is 3.12. The number of imide groups is 2. The average molecular weight is 477 g/mol. The summed E-state index contributed by atoms with van der Waals surface area (Å²) < 4.78 is 6.66. The maximum absolute atomic E-state index is 13.1. The van der Waals surface area contributed by atoms with Crippen molar-refractivity contribution in [3.05, 3.63) is 94.0 Å². The zero-order chi connectivity index (χ0) is 22.0. The number of hydrogen-bond acceptors (Lipinski definition) is 4. The van der Waals surface area contributed by atoms with E-state index >= 15 is 0 Å². The van der Waals surface area contributed by atoms with E-state index in [0.717, 1.165) is 14.9 Å². The Kier molecular flexibility index (Phi) is 5.68. The Morgan fingerprint density at radius 1 is 0.903 bits per heavy atom. The molecule has 7 heteroatoms. The molecule has 1 saturated heterocycles. The first-order valence-corrected chi connectivity index (χ1v) is 10.2. The highest BCUT2D eigenvalue weighted by Gasteiger charge is 2.36. The van der Waals surface area contributed by atoms with Crippen molar-refractivity contribution in [3.63, 3.8) is 0 Å². The lowest BCUT2D eigenvalue weighted by atomic mass is 10.1. The largest absolute Gasteiger partial charge is 0.457 e. The number of halogens is 1. The summed E-state index contributed by atoms with van der Waals surface area (Å²) in [7, 11) is 0. The summed E-state index contributed by atoms with van der Waals surface area (Å²) in [5, 5.41) is 2.23. The lowest BCUT2D eigenvalue weighted by Gasteiger charge is -2.26. The van der Waals surface area contributed by atoms with Gasteiger partial charge in [0.2, 0.25) is 0 Å². The van der Waals surface area contributed by atoms with Gasteiger partial charge in [-0.1, -0.05) is 46.3 Å². The highest BCUT2D eigenvalue weighted by atomic mass is 79.9. The summed E-state index contributed by atoms with van der Waals surface area (Å²) in [5.41, 5.74) is 1.68. The number of aryl methyl sites for hydroxylation is 1. The molecule has 1 N–H and O–H groups in total. The number of carbonyl (C=O) groups is 3. The van der Waals surface area contributed by atoms with Crippen molar-refractivity contribution in [2.24, 2.45) is 0 Å². The number of amides is 4. The van der Waals surface area contributed by atoms with Crippen LogP contribution in [0.3, 0.4) is 0 Å². The van der Waals surface area contributed by atoms with Crippen LogP contribution in [0, 0.1) is 6.92 Å². The maximum atomic E-state index is 13.1. The number of nitrogens with zero attached hydrogens (tertiary/aromatic N) is 1. The third-order valence-electron chi connectivity index (χ3n) is 4.65. The highest BCUT2D eigenvalue weighted by molar-refractivity contribution is 9.10. The predicted molar refractivity (Wildman–Crippen MR) is 121 cm³/mol. The number of ether oxygens (including phenoxy) is 1. The van der Waals surface area contributed by atoms with E-state index in [2.05, 4.69) is 21.2 Å². The van der Waals surface area contributed by atoms with Crippen molar-refractivity contribution >= 4 is 45.5 Å². The third-order valence-corrected chi connectivity index (χ3v) is 5.54. The van der Waals surface area contributed by atoms with Crippen LogP contribution in [-0.2, 0) is 9.59 Å². The maximum Gasteiger partial charge on any atom is 0.335 e. The summed E-state index contributed by atoms with van der Waals surface area (Å²) in [6.07, 6.45) is 1.45. The number of para-hydroxylation sites is 1. The molecule has 0 bridgehead atoms. The lowest BCUT2D eigenvalue weighted by Crippen LogP contribution is -2.54. The van der Waals surface area contributed by atoms with Crippen LogP contribution in [0.1, 0.15) is 11.1 Å². The molecule has 0 saturated carbocycles. The Hall–Kier alpha value is -3.71. The molecule has 1 heterocycles. The Bertz CT molecular complexity index is 1220. The second kappa shape index (κ2) is 8.57. The molecule has 0 atom stereocenters. The predicted octanol–water partition coefficient (Wildman–Crippen LogP) is 5.22. The van der Waals surface area contributed by atoms with Gasteiger partial charge in [-0.15, -0.1) is 0 Å². The second-order valence-corrected chi connectivity index (χ2v) is 7.73. The number of benzene rings is 3. The monoisotopic (exact) mass is 476 g/mol. The van der Waals surface area contributed by atoms with E-state index in [0.29, 0.717) is 22.7 Å². The van der Waals surface area contributed by atoms with Gasteiger partial charge < -0.3 is 4.74 Å². The number of hydrogen-bond donors (Lipinski definition) is 1. The molecule has 0 aromatic heterocycles. The SMILES string of the molecule is Cc1cc(N2C(=O)NC(=O)/C(=C\c3cccc(Oc4ccccc4)c3)C2=O)ccc1Br. The second-order valence-electron chi connectivity index (χ2n) is 6.88. The molecule has 6 nitrogen and oxygen atoms in total. The topological polar surface area (TPSA) is 75.7 Å². The first-order valence-electron chi connectivity index (χ1n) is 9.43. The van der Waals surface area contributed by atoms with Crippen LogP contribution in [0.2, 0.25) is 0 Å². The van der Waals surface area contributed by atoms with Crippen LogP contribution in [0.25, 0.3) is 6.08 Å². The summed E-state index contributed by atoms with van der Waals surface area (Å²) in [5.74, 6) is -0.207. The zero-order valence-electron chi connectivity index (χ0n) is 16.5. The molecule has 0 aliphatic carbocycles. The van der Waals surface area contributed by atoms with Gasteiger partial charge in [0.1, 0.15) is 17.1 Å². The molecule has 4 rings (SSSR count). The molecule has 1 fully saturated rings. The number of anilines is 1. The van der Waals surface area contributed by atoms with Crippen molar-refractivity contribution in [2.75, 3.05) is 4.90 Å². The first-order chi connectivity index (χ1) is 14.9. The van der Waals surface area contributed by atoms with E-state index in [9.17, 15) is 14.4 Å². The molecule has 1 aliphatic heterocycles. The van der Waals surface area contributed by atoms with Gasteiger partial charge >= 0.3 is 6.03 Å². The number of urea groups is 1. The van der Waals surface area contributed by atoms with E-state index in [-0.39, 0.29) is 5.57 Å². The fourth-order valence-corrected chi connectivity index (χ4v) is 3.37. The summed E-state index contributed by atoms with van der Waals surface area (Å²) in [6.45, 7) is 1.85. The average Bonchev–Trinajstić information content (AvgIpc) is 2.74. The molecule has 3 aromatic rings. The molecular formula is C24H17BrN2O4. The first kappa shape index (κ1) is 20.6. The van der Waals surface area contributed by atoms with Crippen LogP contribution in [0.15, 0.2) is 82.8 Å². The lowest BCUT2D eigenvalue weighted by molar-refractivity contribution is -0.122. The van der Waals surface area contributed by atoms with Crippen LogP contribution in [-0.4, -0.2) is 17.8 Å². The van der Waals surface area contributed by atoms with E-state index in [1.807, 2.05) is 37.3 Å². The molecule has 31 heavy (non-hydrogen) atoms. The van der Waals surface area contributed by atoms with E-state index in [1.54, 1.807) is 42.5 Å². The van der Waals surface area contributed by atoms with Gasteiger partial charge in [-0.05, 0) is 66.6 Å². The number of nitrogens with one attached hydrogen (secondary N) is 1. The molecule has 0 spiro atoms. The minimum atomic E-state index is -0.782. The van der Waals surface area contributed by atoms with Gasteiger partial charge in [-0.3, -0.25) is 14.9 Å². The van der Waals surface area contributed by atoms with Gasteiger partial charge in [0.15, 0.2) is 0 Å². The standard InChI is InChI=1S/C24H17BrN2O4/c1-15-12-17(10-11-21(15)25)27-23(29)20(22(28)26-24(27)30)14-16-6-5-9-19(13-16)31-18-7-3-2-4-8-18/h2-14H,1H3,(H,26,28,30)/b20-14+. The van der Waals surface area contributed by atoms with Gasteiger partial charge in [0, 0.05) is 4.47 Å².